The second kappa shape index (κ2) is 7.82. The summed E-state index contributed by atoms with van der Waals surface area (Å²) in [5.74, 6) is 0. The molecule has 0 unspecified atom stereocenters. The fraction of sp³-hybridized carbons (Fsp3) is 0.368. The molecule has 2 aromatic carbocycles. The van der Waals surface area contributed by atoms with Crippen molar-refractivity contribution in [2.45, 2.75) is 45.8 Å². The van der Waals surface area contributed by atoms with Crippen LogP contribution in [0.2, 0.25) is 45.8 Å². The summed E-state index contributed by atoms with van der Waals surface area (Å²) >= 11 is 0. The zero-order valence-corrected chi connectivity index (χ0v) is 21.3. The maximum atomic E-state index is 2.75. The van der Waals surface area contributed by atoms with Crippen LogP contribution in [0.5, 0.6) is 0 Å². The van der Waals surface area contributed by atoms with E-state index in [2.05, 4.69) is 106 Å². The predicted molar refractivity (Wildman–Crippen MR) is 122 cm³/mol. The van der Waals surface area contributed by atoms with E-state index in [0.717, 1.165) is 0 Å². The summed E-state index contributed by atoms with van der Waals surface area (Å²) in [7, 11) is -2.57. The van der Waals surface area contributed by atoms with Gasteiger partial charge in [0.2, 0.25) is 0 Å². The average molecular weight is 400 g/mol. The summed E-state index contributed by atoms with van der Waals surface area (Å²) in [5, 5.41) is 3.40. The molecule has 0 atom stereocenters. The molecule has 0 nitrogen and oxygen atoms in total. The maximum Gasteiger partial charge on any atom is 0.100 e. The maximum absolute atomic E-state index is 2.75. The predicted octanol–water partition coefficient (Wildman–Crippen LogP) is 3.91. The second-order valence-electron chi connectivity index (χ2n) is 7.61. The van der Waals surface area contributed by atoms with Crippen molar-refractivity contribution in [1.82, 2.24) is 0 Å². The molecule has 0 fully saturated rings. The van der Waals surface area contributed by atoms with Gasteiger partial charge in [0.1, 0.15) is 7.59 Å². The van der Waals surface area contributed by atoms with Gasteiger partial charge in [-0.3, -0.25) is 0 Å². The lowest BCUT2D eigenvalue weighted by atomic mass is 10.4. The van der Waals surface area contributed by atoms with E-state index in [1.807, 2.05) is 0 Å². The van der Waals surface area contributed by atoms with Gasteiger partial charge in [-0.2, -0.15) is 0 Å². The first kappa shape index (κ1) is 19.8. The van der Waals surface area contributed by atoms with E-state index < -0.39 is 13.7 Å². The Morgan fingerprint density at radius 3 is 1.08 bits per heavy atom. The average Bonchev–Trinajstić information content (AvgIpc) is 2.55. The van der Waals surface area contributed by atoms with Gasteiger partial charge in [-0.1, -0.05) is 117 Å². The molecular weight excluding hydrogens is 369 g/mol. The number of hydrogen-bond donors (Lipinski definition) is 0. The molecule has 24 heavy (non-hydrogen) atoms. The van der Waals surface area contributed by atoms with Crippen molar-refractivity contribution in [3.05, 3.63) is 60.7 Å². The number of hydrogen-bond acceptors (Lipinski definition) is 0. The Morgan fingerprint density at radius 2 is 0.833 bits per heavy atom. The summed E-state index contributed by atoms with van der Waals surface area (Å²) < 4.78 is 0. The molecule has 0 heterocycles. The summed E-state index contributed by atoms with van der Waals surface area (Å²) in [5.41, 5.74) is 0. The quantitative estimate of drug-likeness (QED) is 0.646. The van der Waals surface area contributed by atoms with Crippen molar-refractivity contribution in [1.29, 1.82) is 0 Å². The summed E-state index contributed by atoms with van der Waals surface area (Å²) in [6.07, 6.45) is -1.32. The number of benzene rings is 2. The van der Waals surface area contributed by atoms with Gasteiger partial charge in [0.05, 0.1) is 0 Å². The van der Waals surface area contributed by atoms with Crippen molar-refractivity contribution in [2.24, 2.45) is 0 Å². The van der Waals surface area contributed by atoms with Crippen LogP contribution in [-0.4, -0.2) is 38.7 Å². The monoisotopic (exact) mass is 399 g/mol. The van der Waals surface area contributed by atoms with Crippen LogP contribution in [0.1, 0.15) is 0 Å². The van der Waals surface area contributed by atoms with Crippen molar-refractivity contribution in [2.75, 3.05) is 0 Å². The third kappa shape index (κ3) is 3.05. The minimum absolute atomic E-state index is 0.291. The van der Waals surface area contributed by atoms with Gasteiger partial charge in [0.25, 0.3) is 0 Å². The topological polar surface area (TPSA) is 0 Å². The molecule has 0 saturated carbocycles. The van der Waals surface area contributed by atoms with Gasteiger partial charge in [0, 0.05) is 31.1 Å². The van der Waals surface area contributed by atoms with Crippen LogP contribution in [0, 0.1) is 0 Å². The molecule has 3 radical (unpaired) electrons. The van der Waals surface area contributed by atoms with Gasteiger partial charge in [-0.25, -0.2) is 0 Å². The Bertz CT molecular complexity index is 576. The molecule has 0 aliphatic carbocycles. The fourth-order valence-electron chi connectivity index (χ4n) is 5.14. The molecule has 0 amide bonds. The Morgan fingerprint density at radius 1 is 0.542 bits per heavy atom. The molecule has 0 aromatic heterocycles. The highest BCUT2D eigenvalue weighted by molar-refractivity contribution is 8.01. The van der Waals surface area contributed by atoms with Crippen molar-refractivity contribution < 1.29 is 0 Å². The van der Waals surface area contributed by atoms with E-state index in [4.69, 9.17) is 0 Å². The Hall–Kier alpha value is -0.476. The molecule has 0 aliphatic heterocycles. The molecule has 0 spiro atoms. The van der Waals surface area contributed by atoms with E-state index >= 15 is 0 Å². The van der Waals surface area contributed by atoms with Gasteiger partial charge < -0.3 is 0 Å². The van der Waals surface area contributed by atoms with Crippen LogP contribution in [0.4, 0.5) is 0 Å². The first-order valence-electron chi connectivity index (χ1n) is 8.82. The molecule has 5 heteroatoms. The van der Waals surface area contributed by atoms with Gasteiger partial charge in [-0.15, -0.1) is 0 Å². The molecule has 2 aromatic rings. The molecule has 2 rings (SSSR count). The van der Waals surface area contributed by atoms with Crippen molar-refractivity contribution >= 4 is 49.1 Å². The van der Waals surface area contributed by atoms with Crippen LogP contribution < -0.4 is 10.4 Å². The Kier molecular flexibility index (Phi) is 6.47. The zero-order chi connectivity index (χ0) is 18.0. The lowest BCUT2D eigenvalue weighted by molar-refractivity contribution is 1.71. The highest BCUT2D eigenvalue weighted by Gasteiger charge is 2.59. The van der Waals surface area contributed by atoms with Gasteiger partial charge >= 0.3 is 0 Å². The minimum Gasteiger partial charge on any atom is -0.0739 e. The molecular formula is C19H31Si5. The van der Waals surface area contributed by atoms with Gasteiger partial charge in [-0.05, 0) is 0 Å². The van der Waals surface area contributed by atoms with E-state index in [1.54, 1.807) is 10.4 Å². The number of rotatable bonds is 6. The van der Waals surface area contributed by atoms with E-state index in [1.165, 1.54) is 0 Å². The van der Waals surface area contributed by atoms with Gasteiger partial charge in [0.15, 0.2) is 0 Å². The largest absolute Gasteiger partial charge is 0.100 e. The first-order chi connectivity index (χ1) is 11.3. The normalized spacial score (nSPS) is 13.1. The minimum atomic E-state index is -1.70. The SMILES string of the molecule is C[Si](C)[Si]([Si](C)C)([Si](C)C)[Si](C)(c1ccccc1)c1ccccc1. The zero-order valence-electron chi connectivity index (χ0n) is 16.3. The Balaban J connectivity index is 2.88. The molecule has 0 bridgehead atoms. The fourth-order valence-corrected chi connectivity index (χ4v) is 97.5. The Labute approximate surface area is 155 Å². The highest BCUT2D eigenvalue weighted by atomic mass is 30.2. The van der Waals surface area contributed by atoms with Crippen LogP contribution >= 0.6 is 0 Å². The van der Waals surface area contributed by atoms with Crippen molar-refractivity contribution in [3.8, 4) is 0 Å². The van der Waals surface area contributed by atoms with Crippen LogP contribution in [0.25, 0.3) is 0 Å². The standard InChI is InChI=1S/C19H31Si5/c1-20(2)24(21(3)4,22(5)6)23(7,18-14-10-8-11-15-18)19-16-12-9-13-17-19/h8-17H,1-7H3. The van der Waals surface area contributed by atoms with E-state index in [9.17, 15) is 0 Å². The van der Waals surface area contributed by atoms with Crippen LogP contribution in [0.15, 0.2) is 60.7 Å². The lowest BCUT2D eigenvalue weighted by Crippen LogP contribution is -2.89. The third-order valence-corrected chi connectivity index (χ3v) is 88.4. The highest BCUT2D eigenvalue weighted by Crippen LogP contribution is 2.28. The second-order valence-corrected chi connectivity index (χ2v) is 48.5. The first-order valence-corrected chi connectivity index (χ1v) is 24.8. The lowest BCUT2D eigenvalue weighted by Gasteiger charge is -2.54. The van der Waals surface area contributed by atoms with Crippen LogP contribution in [0.3, 0.4) is 0 Å². The molecule has 0 N–H and O–H groups in total. The van der Waals surface area contributed by atoms with Crippen LogP contribution in [-0.2, 0) is 0 Å². The van der Waals surface area contributed by atoms with E-state index in [-0.39, 0.29) is 24.9 Å². The molecule has 0 saturated heterocycles. The van der Waals surface area contributed by atoms with E-state index in [0.29, 0.717) is 0 Å². The smallest absolute Gasteiger partial charge is 0.0739 e. The molecule has 127 valence electrons. The summed E-state index contributed by atoms with van der Waals surface area (Å²) in [6, 6.07) is 23.3. The molecule has 0 aliphatic rings. The van der Waals surface area contributed by atoms with Crippen molar-refractivity contribution in [3.63, 3.8) is 0 Å². The summed E-state index contributed by atoms with van der Waals surface area (Å²) in [4.78, 5) is 0. The third-order valence-electron chi connectivity index (χ3n) is 5.70. The summed E-state index contributed by atoms with van der Waals surface area (Å²) in [6.45, 7) is 18.7.